The highest BCUT2D eigenvalue weighted by Crippen LogP contribution is 2.06. The molecule has 2 aromatic rings. The number of ether oxygens (including phenoxy) is 1. The minimum atomic E-state index is -0.420. The summed E-state index contributed by atoms with van der Waals surface area (Å²) in [6.07, 6.45) is 4.32. The smallest absolute Gasteiger partial charge is 0.407 e. The second-order valence-electron chi connectivity index (χ2n) is 5.13. The van der Waals surface area contributed by atoms with E-state index in [-0.39, 0.29) is 6.61 Å². The van der Waals surface area contributed by atoms with E-state index in [1.807, 2.05) is 54.6 Å². The summed E-state index contributed by atoms with van der Waals surface area (Å²) >= 11 is 0. The summed E-state index contributed by atoms with van der Waals surface area (Å²) in [5, 5.41) is 2.69. The van der Waals surface area contributed by atoms with Gasteiger partial charge in [-0.25, -0.2) is 4.79 Å². The summed E-state index contributed by atoms with van der Waals surface area (Å²) in [6, 6.07) is 17.8. The Bertz CT molecular complexity index is 622. The zero-order valence-electron chi connectivity index (χ0n) is 13.1. The first-order valence-electron chi connectivity index (χ1n) is 7.68. The average Bonchev–Trinajstić information content (AvgIpc) is 2.59. The van der Waals surface area contributed by atoms with Crippen molar-refractivity contribution >= 4 is 12.2 Å². The lowest BCUT2D eigenvalue weighted by Gasteiger charge is -2.05. The highest BCUT2D eigenvalue weighted by atomic mass is 16.5. The topological polar surface area (TPSA) is 64.3 Å². The molecule has 2 rings (SSSR count). The second kappa shape index (κ2) is 9.43. The number of rotatable bonds is 7. The van der Waals surface area contributed by atoms with Crippen molar-refractivity contribution in [2.75, 3.05) is 13.1 Å². The van der Waals surface area contributed by atoms with Crippen molar-refractivity contribution in [1.82, 2.24) is 5.32 Å². The third-order valence-corrected chi connectivity index (χ3v) is 3.30. The molecule has 23 heavy (non-hydrogen) atoms. The molecule has 0 spiro atoms. The molecule has 4 nitrogen and oxygen atoms in total. The predicted molar refractivity (Wildman–Crippen MR) is 92.9 cm³/mol. The van der Waals surface area contributed by atoms with Gasteiger partial charge in [0.05, 0.1) is 0 Å². The Kier molecular flexibility index (Phi) is 6.88. The molecule has 0 aliphatic heterocycles. The van der Waals surface area contributed by atoms with Crippen LogP contribution in [-0.4, -0.2) is 19.2 Å². The highest BCUT2D eigenvalue weighted by molar-refractivity contribution is 5.67. The number of carbonyl (C=O) groups is 1. The molecule has 2 aromatic carbocycles. The van der Waals surface area contributed by atoms with Crippen molar-refractivity contribution in [3.8, 4) is 0 Å². The molecular weight excluding hydrogens is 288 g/mol. The molecule has 0 aliphatic rings. The average molecular weight is 310 g/mol. The lowest BCUT2D eigenvalue weighted by Crippen LogP contribution is -2.24. The van der Waals surface area contributed by atoms with Crippen LogP contribution >= 0.6 is 0 Å². The van der Waals surface area contributed by atoms with Gasteiger partial charge in [-0.2, -0.15) is 0 Å². The Hall–Kier alpha value is -2.59. The quantitative estimate of drug-likeness (QED) is 0.826. The Balaban J connectivity index is 1.68. The van der Waals surface area contributed by atoms with Gasteiger partial charge in [-0.3, -0.25) is 0 Å². The SMILES string of the molecule is NCCc1ccc(C=CCNC(=O)OCc2ccccc2)cc1. The van der Waals surface area contributed by atoms with Gasteiger partial charge in [0.1, 0.15) is 6.61 Å². The van der Waals surface area contributed by atoms with E-state index in [0.717, 1.165) is 17.5 Å². The van der Waals surface area contributed by atoms with E-state index in [1.165, 1.54) is 5.56 Å². The van der Waals surface area contributed by atoms with Gasteiger partial charge in [0.2, 0.25) is 0 Å². The molecule has 120 valence electrons. The van der Waals surface area contributed by atoms with Gasteiger partial charge in [-0.1, -0.05) is 66.7 Å². The highest BCUT2D eigenvalue weighted by Gasteiger charge is 2.00. The third-order valence-electron chi connectivity index (χ3n) is 3.30. The molecule has 0 heterocycles. The Morgan fingerprint density at radius 1 is 1.04 bits per heavy atom. The largest absolute Gasteiger partial charge is 0.445 e. The van der Waals surface area contributed by atoms with Crippen molar-refractivity contribution in [3.05, 3.63) is 77.4 Å². The molecule has 0 saturated heterocycles. The minimum absolute atomic E-state index is 0.277. The first-order chi connectivity index (χ1) is 11.3. The van der Waals surface area contributed by atoms with Crippen LogP contribution in [0.1, 0.15) is 16.7 Å². The zero-order valence-corrected chi connectivity index (χ0v) is 13.1. The van der Waals surface area contributed by atoms with Crippen molar-refractivity contribution in [3.63, 3.8) is 0 Å². The molecule has 0 radical (unpaired) electrons. The maximum absolute atomic E-state index is 11.6. The molecule has 4 heteroatoms. The molecule has 1 amide bonds. The fourth-order valence-corrected chi connectivity index (χ4v) is 2.07. The van der Waals surface area contributed by atoms with Crippen LogP contribution in [0.4, 0.5) is 4.79 Å². The van der Waals surface area contributed by atoms with Crippen molar-refractivity contribution in [2.45, 2.75) is 13.0 Å². The maximum atomic E-state index is 11.6. The molecule has 3 N–H and O–H groups in total. The Labute approximate surface area is 137 Å². The number of hydrogen-bond acceptors (Lipinski definition) is 3. The molecule has 0 saturated carbocycles. The molecule has 0 atom stereocenters. The molecule has 0 fully saturated rings. The molecular formula is C19H22N2O2. The van der Waals surface area contributed by atoms with Gasteiger partial charge in [0.15, 0.2) is 0 Å². The lowest BCUT2D eigenvalue weighted by atomic mass is 10.1. The Morgan fingerprint density at radius 3 is 2.48 bits per heavy atom. The van der Waals surface area contributed by atoms with Crippen LogP contribution in [0.5, 0.6) is 0 Å². The number of amides is 1. The normalized spacial score (nSPS) is 10.7. The van der Waals surface area contributed by atoms with Gasteiger partial charge < -0.3 is 15.8 Å². The first-order valence-corrected chi connectivity index (χ1v) is 7.68. The van der Waals surface area contributed by atoms with E-state index in [0.29, 0.717) is 13.1 Å². The van der Waals surface area contributed by atoms with Crippen LogP contribution in [0.15, 0.2) is 60.7 Å². The molecule has 0 aliphatic carbocycles. The van der Waals surface area contributed by atoms with E-state index in [9.17, 15) is 4.79 Å². The maximum Gasteiger partial charge on any atom is 0.407 e. The van der Waals surface area contributed by atoms with E-state index in [2.05, 4.69) is 17.4 Å². The first kappa shape index (κ1) is 16.8. The number of hydrogen-bond donors (Lipinski definition) is 2. The van der Waals surface area contributed by atoms with Crippen LogP contribution in [0, 0.1) is 0 Å². The fourth-order valence-electron chi connectivity index (χ4n) is 2.07. The summed E-state index contributed by atoms with van der Waals surface area (Å²) < 4.78 is 5.13. The summed E-state index contributed by atoms with van der Waals surface area (Å²) in [6.45, 7) is 1.36. The number of nitrogens with one attached hydrogen (secondary N) is 1. The predicted octanol–water partition coefficient (Wildman–Crippen LogP) is 3.13. The number of benzene rings is 2. The summed E-state index contributed by atoms with van der Waals surface area (Å²) in [7, 11) is 0. The fraction of sp³-hybridized carbons (Fsp3) is 0.211. The van der Waals surface area contributed by atoms with Crippen LogP contribution in [0.3, 0.4) is 0 Å². The number of carbonyl (C=O) groups excluding carboxylic acids is 1. The van der Waals surface area contributed by atoms with Crippen LogP contribution in [-0.2, 0) is 17.8 Å². The molecule has 0 bridgehead atoms. The summed E-state index contributed by atoms with van der Waals surface area (Å²) in [4.78, 5) is 11.6. The van der Waals surface area contributed by atoms with Gasteiger partial charge in [-0.15, -0.1) is 0 Å². The minimum Gasteiger partial charge on any atom is -0.445 e. The van der Waals surface area contributed by atoms with Gasteiger partial charge >= 0.3 is 6.09 Å². The van der Waals surface area contributed by atoms with Gasteiger partial charge in [0.25, 0.3) is 0 Å². The van der Waals surface area contributed by atoms with Crippen LogP contribution in [0.2, 0.25) is 0 Å². The van der Waals surface area contributed by atoms with Crippen molar-refractivity contribution in [1.29, 1.82) is 0 Å². The summed E-state index contributed by atoms with van der Waals surface area (Å²) in [5.74, 6) is 0. The summed E-state index contributed by atoms with van der Waals surface area (Å²) in [5.41, 5.74) is 8.81. The second-order valence-corrected chi connectivity index (χ2v) is 5.13. The molecule has 0 aromatic heterocycles. The monoisotopic (exact) mass is 310 g/mol. The molecule has 0 unspecified atom stereocenters. The van der Waals surface area contributed by atoms with Crippen LogP contribution in [0.25, 0.3) is 6.08 Å². The van der Waals surface area contributed by atoms with E-state index < -0.39 is 6.09 Å². The zero-order chi connectivity index (χ0) is 16.3. The van der Waals surface area contributed by atoms with Gasteiger partial charge in [-0.05, 0) is 29.7 Å². The van der Waals surface area contributed by atoms with Crippen LogP contribution < -0.4 is 11.1 Å². The van der Waals surface area contributed by atoms with E-state index in [4.69, 9.17) is 10.5 Å². The van der Waals surface area contributed by atoms with Crippen molar-refractivity contribution < 1.29 is 9.53 Å². The van der Waals surface area contributed by atoms with Crippen molar-refractivity contribution in [2.24, 2.45) is 5.73 Å². The lowest BCUT2D eigenvalue weighted by molar-refractivity contribution is 0.141. The van der Waals surface area contributed by atoms with E-state index >= 15 is 0 Å². The standard InChI is InChI=1S/C19H22N2O2/c20-13-12-17-10-8-16(9-11-17)7-4-14-21-19(22)23-15-18-5-2-1-3-6-18/h1-11H,12-15,20H2,(H,21,22). The third kappa shape index (κ3) is 6.36. The Morgan fingerprint density at radius 2 is 1.78 bits per heavy atom. The number of nitrogens with two attached hydrogens (primary N) is 1. The van der Waals surface area contributed by atoms with E-state index in [1.54, 1.807) is 0 Å². The van der Waals surface area contributed by atoms with Gasteiger partial charge in [0, 0.05) is 6.54 Å². The number of alkyl carbamates (subject to hydrolysis) is 1.